The van der Waals surface area contributed by atoms with Gasteiger partial charge in [0.1, 0.15) is 12.4 Å². The molecule has 3 aromatic rings. The topological polar surface area (TPSA) is 58.4 Å². The van der Waals surface area contributed by atoms with Crippen molar-refractivity contribution >= 4 is 34.1 Å². The van der Waals surface area contributed by atoms with Crippen LogP contribution >= 0.6 is 11.6 Å². The maximum atomic E-state index is 13.1. The van der Waals surface area contributed by atoms with Gasteiger partial charge in [0.15, 0.2) is 0 Å². The number of anilines is 1. The number of fused-ring (bicyclic) bond motifs is 1. The number of hydrogen-bond donors (Lipinski definition) is 0. The molecule has 0 saturated carbocycles. The van der Waals surface area contributed by atoms with Crippen LogP contribution in [0.15, 0.2) is 53.6 Å². The molecule has 1 aromatic heterocycles. The molecule has 0 spiro atoms. The van der Waals surface area contributed by atoms with Crippen LogP contribution in [0.2, 0.25) is 5.02 Å². The first kappa shape index (κ1) is 18.4. The molecule has 1 amide bonds. The summed E-state index contributed by atoms with van der Waals surface area (Å²) in [6.07, 6.45) is 1.39. The molecule has 1 aliphatic rings. The van der Waals surface area contributed by atoms with Crippen LogP contribution in [-0.2, 0) is 11.3 Å². The minimum Gasteiger partial charge on any atom is -0.368 e. The van der Waals surface area contributed by atoms with E-state index in [1.807, 2.05) is 0 Å². The van der Waals surface area contributed by atoms with Gasteiger partial charge in [-0.1, -0.05) is 11.6 Å². The Hall–Kier alpha value is -2.93. The van der Waals surface area contributed by atoms with Crippen LogP contribution in [0.4, 0.5) is 10.1 Å². The van der Waals surface area contributed by atoms with Crippen LogP contribution in [0.5, 0.6) is 0 Å². The zero-order valence-electron chi connectivity index (χ0n) is 15.0. The van der Waals surface area contributed by atoms with Crippen LogP contribution in [0.1, 0.15) is 0 Å². The summed E-state index contributed by atoms with van der Waals surface area (Å²) in [5.41, 5.74) is 1.19. The Morgan fingerprint density at radius 3 is 2.50 bits per heavy atom. The fraction of sp³-hybridized carbons (Fsp3) is 0.250. The van der Waals surface area contributed by atoms with E-state index in [1.165, 1.54) is 23.0 Å². The molecule has 6 nitrogen and oxygen atoms in total. The molecule has 1 aliphatic heterocycles. The standard InChI is InChI=1S/C20H18ClFN4O2/c21-14-1-6-18-17(11-14)20(28)26(13-23-18)12-19(27)25-9-7-24(8-10-25)16-4-2-15(22)3-5-16/h1-6,11,13H,7-10,12H2. The number of benzene rings is 2. The average molecular weight is 401 g/mol. The molecular weight excluding hydrogens is 383 g/mol. The Balaban J connectivity index is 1.43. The van der Waals surface area contributed by atoms with E-state index < -0.39 is 0 Å². The largest absolute Gasteiger partial charge is 0.368 e. The molecule has 28 heavy (non-hydrogen) atoms. The summed E-state index contributed by atoms with van der Waals surface area (Å²) in [5.74, 6) is -0.405. The van der Waals surface area contributed by atoms with Gasteiger partial charge < -0.3 is 9.80 Å². The highest BCUT2D eigenvalue weighted by Gasteiger charge is 2.22. The Morgan fingerprint density at radius 2 is 1.79 bits per heavy atom. The van der Waals surface area contributed by atoms with Gasteiger partial charge >= 0.3 is 0 Å². The van der Waals surface area contributed by atoms with Gasteiger partial charge in [0.25, 0.3) is 5.56 Å². The summed E-state index contributed by atoms with van der Waals surface area (Å²) >= 11 is 5.97. The van der Waals surface area contributed by atoms with Crippen molar-refractivity contribution in [2.75, 3.05) is 31.1 Å². The monoisotopic (exact) mass is 400 g/mol. The number of amides is 1. The first-order chi connectivity index (χ1) is 13.5. The second kappa shape index (κ2) is 7.59. The number of halogens is 2. The number of nitrogens with zero attached hydrogens (tertiary/aromatic N) is 4. The molecule has 0 radical (unpaired) electrons. The van der Waals surface area contributed by atoms with E-state index in [1.54, 1.807) is 35.2 Å². The van der Waals surface area contributed by atoms with Gasteiger partial charge in [0.05, 0.1) is 17.2 Å². The summed E-state index contributed by atoms with van der Waals surface area (Å²) in [5, 5.41) is 0.844. The van der Waals surface area contributed by atoms with Gasteiger partial charge in [-0.05, 0) is 42.5 Å². The van der Waals surface area contributed by atoms with Gasteiger partial charge in [0, 0.05) is 36.9 Å². The van der Waals surface area contributed by atoms with Crippen LogP contribution in [0, 0.1) is 5.82 Å². The molecule has 1 saturated heterocycles. The maximum absolute atomic E-state index is 13.1. The number of piperazine rings is 1. The fourth-order valence-corrected chi connectivity index (χ4v) is 3.53. The zero-order valence-corrected chi connectivity index (χ0v) is 15.8. The number of carbonyl (C=O) groups excluding carboxylic acids is 1. The minimum absolute atomic E-state index is 0.0646. The van der Waals surface area contributed by atoms with E-state index in [9.17, 15) is 14.0 Å². The predicted octanol–water partition coefficient (Wildman–Crippen LogP) is 2.54. The molecule has 2 heterocycles. The fourth-order valence-electron chi connectivity index (χ4n) is 3.36. The predicted molar refractivity (Wildman–Crippen MR) is 106 cm³/mol. The number of rotatable bonds is 3. The van der Waals surface area contributed by atoms with Crippen LogP contribution in [-0.4, -0.2) is 46.5 Å². The Morgan fingerprint density at radius 1 is 1.07 bits per heavy atom. The van der Waals surface area contributed by atoms with Crippen molar-refractivity contribution < 1.29 is 9.18 Å². The molecular formula is C20H18ClFN4O2. The van der Waals surface area contributed by atoms with E-state index in [4.69, 9.17) is 11.6 Å². The molecule has 0 aliphatic carbocycles. The second-order valence-corrected chi connectivity index (χ2v) is 7.12. The summed E-state index contributed by atoms with van der Waals surface area (Å²) in [4.78, 5) is 33.3. The lowest BCUT2D eigenvalue weighted by molar-refractivity contribution is -0.132. The number of aromatic nitrogens is 2. The summed E-state index contributed by atoms with van der Waals surface area (Å²) in [6, 6.07) is 11.2. The van der Waals surface area contributed by atoms with Crippen molar-refractivity contribution in [3.8, 4) is 0 Å². The van der Waals surface area contributed by atoms with Crippen molar-refractivity contribution in [3.63, 3.8) is 0 Å². The third kappa shape index (κ3) is 3.71. The van der Waals surface area contributed by atoms with Crippen molar-refractivity contribution in [2.24, 2.45) is 0 Å². The molecule has 0 atom stereocenters. The van der Waals surface area contributed by atoms with Gasteiger partial charge in [-0.2, -0.15) is 0 Å². The van der Waals surface area contributed by atoms with Crippen LogP contribution < -0.4 is 10.5 Å². The smallest absolute Gasteiger partial charge is 0.261 e. The molecule has 1 fully saturated rings. The summed E-state index contributed by atoms with van der Waals surface area (Å²) in [6.45, 7) is 2.32. The van der Waals surface area contributed by atoms with Gasteiger partial charge in [-0.25, -0.2) is 9.37 Å². The van der Waals surface area contributed by atoms with E-state index in [0.717, 1.165) is 5.69 Å². The Bertz CT molecular complexity index is 1080. The van der Waals surface area contributed by atoms with E-state index in [2.05, 4.69) is 9.88 Å². The summed E-state index contributed by atoms with van der Waals surface area (Å²) in [7, 11) is 0. The van der Waals surface area contributed by atoms with E-state index >= 15 is 0 Å². The van der Waals surface area contributed by atoms with E-state index in [0.29, 0.717) is 42.1 Å². The molecule has 2 aromatic carbocycles. The van der Waals surface area contributed by atoms with Gasteiger partial charge in [-0.3, -0.25) is 14.2 Å². The Labute approximate surface area is 165 Å². The molecule has 144 valence electrons. The number of hydrogen-bond acceptors (Lipinski definition) is 4. The molecule has 8 heteroatoms. The summed E-state index contributed by atoms with van der Waals surface area (Å²) < 4.78 is 14.4. The van der Waals surface area contributed by atoms with Crippen molar-refractivity contribution in [1.29, 1.82) is 0 Å². The highest BCUT2D eigenvalue weighted by molar-refractivity contribution is 6.31. The SMILES string of the molecule is O=C(Cn1cnc2ccc(Cl)cc2c1=O)N1CCN(c2ccc(F)cc2)CC1. The first-order valence-electron chi connectivity index (χ1n) is 8.94. The highest BCUT2D eigenvalue weighted by atomic mass is 35.5. The third-order valence-corrected chi connectivity index (χ3v) is 5.15. The van der Waals surface area contributed by atoms with Gasteiger partial charge in [-0.15, -0.1) is 0 Å². The quantitative estimate of drug-likeness (QED) is 0.678. The Kier molecular flexibility index (Phi) is 5.00. The van der Waals surface area contributed by atoms with Crippen molar-refractivity contribution in [1.82, 2.24) is 14.5 Å². The van der Waals surface area contributed by atoms with Gasteiger partial charge in [0.2, 0.25) is 5.91 Å². The maximum Gasteiger partial charge on any atom is 0.261 e. The second-order valence-electron chi connectivity index (χ2n) is 6.68. The van der Waals surface area contributed by atoms with Crippen LogP contribution in [0.3, 0.4) is 0 Å². The zero-order chi connectivity index (χ0) is 19.7. The lowest BCUT2D eigenvalue weighted by Gasteiger charge is -2.36. The van der Waals surface area contributed by atoms with Crippen molar-refractivity contribution in [3.05, 3.63) is 70.0 Å². The molecule has 0 N–H and O–H groups in total. The lowest BCUT2D eigenvalue weighted by atomic mass is 10.2. The van der Waals surface area contributed by atoms with Crippen LogP contribution in [0.25, 0.3) is 10.9 Å². The molecule has 0 bridgehead atoms. The normalized spacial score (nSPS) is 14.5. The highest BCUT2D eigenvalue weighted by Crippen LogP contribution is 2.17. The average Bonchev–Trinajstić information content (AvgIpc) is 2.71. The lowest BCUT2D eigenvalue weighted by Crippen LogP contribution is -2.50. The van der Waals surface area contributed by atoms with E-state index in [-0.39, 0.29) is 23.8 Å². The number of carbonyl (C=O) groups is 1. The molecule has 0 unspecified atom stereocenters. The minimum atomic E-state index is -0.286. The first-order valence-corrected chi connectivity index (χ1v) is 9.32. The van der Waals surface area contributed by atoms with Crippen molar-refractivity contribution in [2.45, 2.75) is 6.54 Å². The molecule has 4 rings (SSSR count). The third-order valence-electron chi connectivity index (χ3n) is 4.92.